The summed E-state index contributed by atoms with van der Waals surface area (Å²) in [6.07, 6.45) is 2.69. The molecule has 0 bridgehead atoms. The third-order valence-electron chi connectivity index (χ3n) is 2.94. The van der Waals surface area contributed by atoms with Gasteiger partial charge in [-0.25, -0.2) is 16.8 Å². The zero-order valence-electron chi connectivity index (χ0n) is 12.2. The molecule has 1 N–H and O–H groups in total. The Morgan fingerprint density at radius 3 is 2.15 bits per heavy atom. The van der Waals surface area contributed by atoms with Gasteiger partial charge in [0.05, 0.1) is 9.79 Å². The molecule has 7 heteroatoms. The number of hydrogen-bond donors (Lipinski definition) is 1. The van der Waals surface area contributed by atoms with Crippen LogP contribution in [0.15, 0.2) is 28.0 Å². The molecule has 20 heavy (non-hydrogen) atoms. The molecule has 0 aliphatic carbocycles. The predicted octanol–water partition coefficient (Wildman–Crippen LogP) is 1.03. The molecule has 0 aliphatic heterocycles. The first kappa shape index (κ1) is 17.1. The molecule has 1 rings (SSSR count). The third kappa shape index (κ3) is 4.57. The lowest BCUT2D eigenvalue weighted by atomic mass is 10.1. The van der Waals surface area contributed by atoms with Crippen molar-refractivity contribution >= 4 is 19.7 Å². The monoisotopic (exact) mass is 319 g/mol. The van der Waals surface area contributed by atoms with E-state index in [4.69, 9.17) is 0 Å². The number of hydrogen-bond acceptors (Lipinski definition) is 5. The zero-order valence-corrected chi connectivity index (χ0v) is 13.8. The van der Waals surface area contributed by atoms with Crippen LogP contribution in [0.25, 0.3) is 0 Å². The van der Waals surface area contributed by atoms with Crippen LogP contribution in [0.3, 0.4) is 0 Å². The van der Waals surface area contributed by atoms with Crippen molar-refractivity contribution < 1.29 is 16.8 Å². The van der Waals surface area contributed by atoms with Gasteiger partial charge in [0.1, 0.15) is 0 Å². The Labute approximate surface area is 121 Å². The Morgan fingerprint density at radius 2 is 1.70 bits per heavy atom. The van der Waals surface area contributed by atoms with Crippen LogP contribution < -0.4 is 5.32 Å². The summed E-state index contributed by atoms with van der Waals surface area (Å²) >= 11 is 0. The van der Waals surface area contributed by atoms with Gasteiger partial charge in [-0.3, -0.25) is 0 Å². The quantitative estimate of drug-likeness (QED) is 0.847. The number of nitrogens with one attached hydrogen (secondary N) is 1. The van der Waals surface area contributed by atoms with E-state index in [1.807, 2.05) is 13.8 Å². The minimum Gasteiger partial charge on any atom is -0.314 e. The first-order valence-corrected chi connectivity index (χ1v) is 10.1. The maximum atomic E-state index is 11.9. The normalized spacial score (nSPS) is 14.2. The van der Waals surface area contributed by atoms with E-state index in [1.54, 1.807) is 6.07 Å². The maximum absolute atomic E-state index is 11.9. The largest absolute Gasteiger partial charge is 0.314 e. The van der Waals surface area contributed by atoms with Crippen molar-refractivity contribution in [1.29, 1.82) is 0 Å². The second-order valence-corrected chi connectivity index (χ2v) is 8.98. The highest BCUT2D eigenvalue weighted by Crippen LogP contribution is 2.22. The van der Waals surface area contributed by atoms with Gasteiger partial charge in [-0.05, 0) is 37.6 Å². The molecular formula is C13H21NO4S2. The summed E-state index contributed by atoms with van der Waals surface area (Å²) in [4.78, 5) is 0.114. The van der Waals surface area contributed by atoms with Crippen molar-refractivity contribution in [2.45, 2.75) is 36.1 Å². The van der Waals surface area contributed by atoms with Crippen LogP contribution in [-0.4, -0.2) is 41.9 Å². The summed E-state index contributed by atoms with van der Waals surface area (Å²) in [6, 6.07) is 4.40. The van der Waals surface area contributed by atoms with Crippen LogP contribution in [0.2, 0.25) is 0 Å². The van der Waals surface area contributed by atoms with Gasteiger partial charge in [-0.2, -0.15) is 0 Å². The molecule has 0 radical (unpaired) electrons. The van der Waals surface area contributed by atoms with Crippen LogP contribution in [0.4, 0.5) is 0 Å². The summed E-state index contributed by atoms with van der Waals surface area (Å²) in [6.45, 7) is 4.72. The molecule has 1 aromatic carbocycles. The molecule has 0 saturated heterocycles. The highest BCUT2D eigenvalue weighted by molar-refractivity contribution is 7.91. The van der Waals surface area contributed by atoms with Crippen LogP contribution in [-0.2, 0) is 26.1 Å². The van der Waals surface area contributed by atoms with Crippen molar-refractivity contribution in [3.8, 4) is 0 Å². The van der Waals surface area contributed by atoms with Crippen molar-refractivity contribution in [2.24, 2.45) is 0 Å². The molecule has 0 fully saturated rings. The zero-order chi connectivity index (χ0) is 15.6. The molecule has 0 amide bonds. The molecule has 0 heterocycles. The summed E-state index contributed by atoms with van der Waals surface area (Å²) in [7, 11) is -6.89. The van der Waals surface area contributed by atoms with Gasteiger partial charge < -0.3 is 5.32 Å². The lowest BCUT2D eigenvalue weighted by molar-refractivity contribution is 0.558. The lowest BCUT2D eigenvalue weighted by Gasteiger charge is -2.15. The van der Waals surface area contributed by atoms with E-state index < -0.39 is 19.7 Å². The van der Waals surface area contributed by atoms with Crippen molar-refractivity contribution in [1.82, 2.24) is 5.32 Å². The number of sulfone groups is 2. The van der Waals surface area contributed by atoms with Gasteiger partial charge in [0, 0.05) is 18.6 Å². The molecular weight excluding hydrogens is 298 g/mol. The van der Waals surface area contributed by atoms with E-state index in [9.17, 15) is 16.8 Å². The van der Waals surface area contributed by atoms with E-state index in [1.165, 1.54) is 12.1 Å². The first-order valence-electron chi connectivity index (χ1n) is 6.32. The summed E-state index contributed by atoms with van der Waals surface area (Å²) in [5, 5.41) is 3.20. The molecule has 5 nitrogen and oxygen atoms in total. The highest BCUT2D eigenvalue weighted by atomic mass is 32.2. The fourth-order valence-corrected chi connectivity index (χ4v) is 3.72. The van der Waals surface area contributed by atoms with Crippen molar-refractivity contribution in [2.75, 3.05) is 19.1 Å². The minimum atomic E-state index is -3.47. The van der Waals surface area contributed by atoms with Crippen molar-refractivity contribution in [3.63, 3.8) is 0 Å². The predicted molar refractivity (Wildman–Crippen MR) is 79.5 cm³/mol. The molecule has 0 spiro atoms. The van der Waals surface area contributed by atoms with E-state index >= 15 is 0 Å². The Kier molecular flexibility index (Phi) is 5.34. The van der Waals surface area contributed by atoms with Crippen LogP contribution in [0.5, 0.6) is 0 Å². The standard InChI is InChI=1S/C13H21NO4S2/c1-5-14-10(2)8-11-6-7-12(19(3,15)16)9-13(11)20(4,17)18/h6-7,9-10,14H,5,8H2,1-4H3. The van der Waals surface area contributed by atoms with E-state index in [0.717, 1.165) is 19.1 Å². The maximum Gasteiger partial charge on any atom is 0.175 e. The molecule has 0 saturated carbocycles. The lowest BCUT2D eigenvalue weighted by Crippen LogP contribution is -2.28. The number of benzene rings is 1. The number of rotatable bonds is 6. The molecule has 1 atom stereocenters. The number of likely N-dealkylation sites (N-methyl/N-ethyl adjacent to an activating group) is 1. The SMILES string of the molecule is CCNC(C)Cc1ccc(S(C)(=O)=O)cc1S(C)(=O)=O. The van der Waals surface area contributed by atoms with E-state index in [0.29, 0.717) is 12.0 Å². The van der Waals surface area contributed by atoms with Crippen LogP contribution in [0, 0.1) is 0 Å². The Morgan fingerprint density at radius 1 is 1.10 bits per heavy atom. The fourth-order valence-electron chi connectivity index (χ4n) is 2.03. The van der Waals surface area contributed by atoms with Gasteiger partial charge in [0.15, 0.2) is 19.7 Å². The van der Waals surface area contributed by atoms with E-state index in [-0.39, 0.29) is 15.8 Å². The van der Waals surface area contributed by atoms with Crippen LogP contribution in [0.1, 0.15) is 19.4 Å². The fraction of sp³-hybridized carbons (Fsp3) is 0.538. The minimum absolute atomic E-state index is 0.0257. The Balaban J connectivity index is 3.33. The smallest absolute Gasteiger partial charge is 0.175 e. The highest BCUT2D eigenvalue weighted by Gasteiger charge is 2.18. The average Bonchev–Trinajstić information content (AvgIpc) is 2.26. The Hall–Kier alpha value is -0.920. The van der Waals surface area contributed by atoms with Gasteiger partial charge in [-0.15, -0.1) is 0 Å². The van der Waals surface area contributed by atoms with Gasteiger partial charge in [0.2, 0.25) is 0 Å². The summed E-state index contributed by atoms with van der Waals surface area (Å²) in [5.41, 5.74) is 0.633. The summed E-state index contributed by atoms with van der Waals surface area (Å²) in [5.74, 6) is 0. The molecule has 0 aliphatic rings. The molecule has 114 valence electrons. The first-order chi connectivity index (χ1) is 9.05. The van der Waals surface area contributed by atoms with Gasteiger partial charge in [-0.1, -0.05) is 13.0 Å². The van der Waals surface area contributed by atoms with Gasteiger partial charge in [0.25, 0.3) is 0 Å². The van der Waals surface area contributed by atoms with E-state index in [2.05, 4.69) is 5.32 Å². The average molecular weight is 319 g/mol. The molecule has 0 aromatic heterocycles. The Bertz CT molecular complexity index is 678. The third-order valence-corrected chi connectivity index (χ3v) is 5.23. The second-order valence-electron chi connectivity index (χ2n) is 4.98. The second kappa shape index (κ2) is 6.24. The van der Waals surface area contributed by atoms with Gasteiger partial charge >= 0.3 is 0 Å². The molecule has 1 unspecified atom stereocenters. The van der Waals surface area contributed by atoms with Crippen molar-refractivity contribution in [3.05, 3.63) is 23.8 Å². The molecule has 1 aromatic rings. The summed E-state index contributed by atoms with van der Waals surface area (Å²) < 4.78 is 46.8. The topological polar surface area (TPSA) is 80.3 Å². The van der Waals surface area contributed by atoms with Crippen LogP contribution >= 0.6 is 0 Å².